The van der Waals surface area contributed by atoms with E-state index in [1.54, 1.807) is 48.5 Å². The minimum Gasteiger partial charge on any atom is -0.446 e. The molecular weight excluding hydrogens is 440 g/mol. The van der Waals surface area contributed by atoms with Crippen LogP contribution in [-0.2, 0) is 9.53 Å². The zero-order valence-corrected chi connectivity index (χ0v) is 18.3. The highest BCUT2D eigenvalue weighted by Gasteiger charge is 2.34. The lowest BCUT2D eigenvalue weighted by molar-refractivity contribution is -0.135. The molecule has 0 fully saturated rings. The molecule has 0 saturated carbocycles. The summed E-state index contributed by atoms with van der Waals surface area (Å²) < 4.78 is 6.11. The smallest absolute Gasteiger partial charge is 0.255 e. The molecule has 1 aliphatic rings. The van der Waals surface area contributed by atoms with Crippen LogP contribution in [0.2, 0.25) is 5.02 Å². The van der Waals surface area contributed by atoms with Crippen molar-refractivity contribution in [3.63, 3.8) is 0 Å². The highest BCUT2D eigenvalue weighted by Crippen LogP contribution is 2.34. The number of halogens is 1. The van der Waals surface area contributed by atoms with Crippen molar-refractivity contribution in [2.45, 2.75) is 13.2 Å². The van der Waals surface area contributed by atoms with Crippen molar-refractivity contribution < 1.29 is 14.3 Å². The number of rotatable bonds is 4. The average molecular weight is 459 g/mol. The number of hydrazone groups is 1. The monoisotopic (exact) mass is 458 g/mol. The van der Waals surface area contributed by atoms with E-state index in [0.29, 0.717) is 27.7 Å². The van der Waals surface area contributed by atoms with Crippen LogP contribution in [0.15, 0.2) is 84.1 Å². The molecule has 3 aromatic carbocycles. The summed E-state index contributed by atoms with van der Waals surface area (Å²) in [4.78, 5) is 27.9. The number of benzene rings is 3. The second kappa shape index (κ2) is 8.44. The fourth-order valence-electron chi connectivity index (χ4n) is 3.71. The predicted octanol–water partition coefficient (Wildman–Crippen LogP) is 5.31. The van der Waals surface area contributed by atoms with Gasteiger partial charge in [0.2, 0.25) is 18.0 Å². The Bertz CT molecular complexity index is 1390. The van der Waals surface area contributed by atoms with E-state index in [0.717, 1.165) is 16.5 Å². The van der Waals surface area contributed by atoms with Crippen LogP contribution >= 0.6 is 11.6 Å². The second-order valence-corrected chi connectivity index (χ2v) is 8.01. The Morgan fingerprint density at radius 2 is 1.85 bits per heavy atom. The number of amides is 2. The number of nitrogens with one attached hydrogen (secondary N) is 2. The topological polar surface area (TPSA) is 86.8 Å². The summed E-state index contributed by atoms with van der Waals surface area (Å²) in [5.41, 5.74) is 3.54. The minimum atomic E-state index is -0.671. The van der Waals surface area contributed by atoms with E-state index in [1.165, 1.54) is 11.9 Å². The number of hydrogen-bond donors (Lipinski definition) is 2. The van der Waals surface area contributed by atoms with Crippen LogP contribution in [0.1, 0.15) is 34.6 Å². The first-order valence-electron chi connectivity index (χ1n) is 10.3. The van der Waals surface area contributed by atoms with E-state index in [1.807, 2.05) is 30.5 Å². The molecule has 1 atom stereocenters. The van der Waals surface area contributed by atoms with Gasteiger partial charge in [-0.05, 0) is 48.5 Å². The number of anilines is 1. The largest absolute Gasteiger partial charge is 0.446 e. The first-order chi connectivity index (χ1) is 16.0. The van der Waals surface area contributed by atoms with Gasteiger partial charge in [0.15, 0.2) is 0 Å². The standard InChI is InChI=1S/C25H19ClN4O3/c1-15(31)30-25(21-14-27-22-8-3-2-7-20(21)22)33-24(29-30)16-9-11-19(12-10-16)28-23(32)17-5-4-6-18(26)13-17/h2-14,25,27H,1H3,(H,28,32)/t25-/m1/s1. The summed E-state index contributed by atoms with van der Waals surface area (Å²) in [5.74, 6) is -0.166. The number of para-hydroxylation sites is 1. The van der Waals surface area contributed by atoms with Crippen LogP contribution in [0, 0.1) is 0 Å². The summed E-state index contributed by atoms with van der Waals surface area (Å²) >= 11 is 5.96. The maximum absolute atomic E-state index is 12.4. The molecule has 0 saturated heterocycles. The summed E-state index contributed by atoms with van der Waals surface area (Å²) in [6.07, 6.45) is 1.16. The van der Waals surface area contributed by atoms with Gasteiger partial charge < -0.3 is 15.0 Å². The van der Waals surface area contributed by atoms with Crippen LogP contribution in [-0.4, -0.2) is 27.7 Å². The van der Waals surface area contributed by atoms with Crippen molar-refractivity contribution >= 4 is 45.9 Å². The number of carbonyl (C=O) groups is 2. The number of hydrogen-bond acceptors (Lipinski definition) is 4. The number of aromatic amines is 1. The molecule has 164 valence electrons. The molecule has 7 nitrogen and oxygen atoms in total. The van der Waals surface area contributed by atoms with E-state index in [4.69, 9.17) is 16.3 Å². The molecule has 8 heteroatoms. The summed E-state index contributed by atoms with van der Waals surface area (Å²) in [6.45, 7) is 1.45. The van der Waals surface area contributed by atoms with Gasteiger partial charge in [-0.2, -0.15) is 5.01 Å². The molecule has 2 heterocycles. The Morgan fingerprint density at radius 3 is 2.61 bits per heavy atom. The molecule has 33 heavy (non-hydrogen) atoms. The lowest BCUT2D eigenvalue weighted by atomic mass is 10.1. The van der Waals surface area contributed by atoms with Crippen LogP contribution in [0.4, 0.5) is 5.69 Å². The van der Waals surface area contributed by atoms with Gasteiger partial charge in [0.05, 0.1) is 0 Å². The third-order valence-electron chi connectivity index (χ3n) is 5.33. The summed E-state index contributed by atoms with van der Waals surface area (Å²) in [7, 11) is 0. The Morgan fingerprint density at radius 1 is 1.06 bits per heavy atom. The van der Waals surface area contributed by atoms with Gasteiger partial charge in [-0.3, -0.25) is 9.59 Å². The number of aromatic nitrogens is 1. The van der Waals surface area contributed by atoms with Crippen molar-refractivity contribution in [3.05, 3.63) is 101 Å². The molecule has 0 spiro atoms. The lowest BCUT2D eigenvalue weighted by Gasteiger charge is -2.18. The Labute approximate surface area is 194 Å². The second-order valence-electron chi connectivity index (χ2n) is 7.57. The number of ether oxygens (including phenoxy) is 1. The van der Waals surface area contributed by atoms with Crippen LogP contribution in [0.25, 0.3) is 10.9 Å². The van der Waals surface area contributed by atoms with Gasteiger partial charge >= 0.3 is 0 Å². The molecule has 0 aliphatic carbocycles. The van der Waals surface area contributed by atoms with Crippen molar-refractivity contribution in [3.8, 4) is 0 Å². The van der Waals surface area contributed by atoms with Crippen LogP contribution in [0.5, 0.6) is 0 Å². The Hall–Kier alpha value is -4.10. The highest BCUT2D eigenvalue weighted by atomic mass is 35.5. The molecule has 2 amide bonds. The number of fused-ring (bicyclic) bond motifs is 1. The lowest BCUT2D eigenvalue weighted by Crippen LogP contribution is -2.25. The molecule has 0 bridgehead atoms. The molecule has 0 radical (unpaired) electrons. The van der Waals surface area contributed by atoms with E-state index in [9.17, 15) is 9.59 Å². The Kier molecular flexibility index (Phi) is 5.32. The zero-order valence-electron chi connectivity index (χ0n) is 17.6. The van der Waals surface area contributed by atoms with E-state index in [-0.39, 0.29) is 11.8 Å². The number of H-pyrrole nitrogens is 1. The van der Waals surface area contributed by atoms with Gasteiger partial charge in [0, 0.05) is 51.4 Å². The van der Waals surface area contributed by atoms with Gasteiger partial charge in [-0.25, -0.2) is 0 Å². The fourth-order valence-corrected chi connectivity index (χ4v) is 3.90. The van der Waals surface area contributed by atoms with Gasteiger partial charge in [0.25, 0.3) is 5.91 Å². The van der Waals surface area contributed by atoms with Crippen LogP contribution in [0.3, 0.4) is 0 Å². The van der Waals surface area contributed by atoms with Crippen molar-refractivity contribution in [1.82, 2.24) is 9.99 Å². The zero-order chi connectivity index (χ0) is 22.9. The van der Waals surface area contributed by atoms with Gasteiger partial charge in [0.1, 0.15) is 0 Å². The summed E-state index contributed by atoms with van der Waals surface area (Å²) in [5, 5.41) is 10.0. The SMILES string of the molecule is CC(=O)N1N=C(c2ccc(NC(=O)c3cccc(Cl)c3)cc2)O[C@@H]1c1c[nH]c2ccccc12. The molecular formula is C25H19ClN4O3. The third-order valence-corrected chi connectivity index (χ3v) is 5.57. The van der Waals surface area contributed by atoms with Gasteiger partial charge in [-0.1, -0.05) is 35.9 Å². The van der Waals surface area contributed by atoms with E-state index < -0.39 is 6.23 Å². The predicted molar refractivity (Wildman–Crippen MR) is 127 cm³/mol. The normalized spacial score (nSPS) is 15.3. The molecule has 5 rings (SSSR count). The average Bonchev–Trinajstić information content (AvgIpc) is 3.44. The summed E-state index contributed by atoms with van der Waals surface area (Å²) in [6, 6.07) is 21.6. The quantitative estimate of drug-likeness (QED) is 0.434. The Balaban J connectivity index is 1.36. The molecule has 1 aromatic heterocycles. The number of carbonyl (C=O) groups excluding carboxylic acids is 2. The van der Waals surface area contributed by atoms with E-state index >= 15 is 0 Å². The van der Waals surface area contributed by atoms with Crippen molar-refractivity contribution in [1.29, 1.82) is 0 Å². The maximum atomic E-state index is 12.4. The van der Waals surface area contributed by atoms with Gasteiger partial charge in [-0.15, -0.1) is 5.10 Å². The van der Waals surface area contributed by atoms with Crippen molar-refractivity contribution in [2.24, 2.45) is 5.10 Å². The maximum Gasteiger partial charge on any atom is 0.255 e. The molecule has 0 unspecified atom stereocenters. The molecule has 4 aromatic rings. The van der Waals surface area contributed by atoms with Crippen molar-refractivity contribution in [2.75, 3.05) is 5.32 Å². The van der Waals surface area contributed by atoms with E-state index in [2.05, 4.69) is 15.4 Å². The number of nitrogens with zero attached hydrogens (tertiary/aromatic N) is 2. The first-order valence-corrected chi connectivity index (χ1v) is 10.7. The van der Waals surface area contributed by atoms with Crippen LogP contribution < -0.4 is 5.32 Å². The molecule has 1 aliphatic heterocycles. The fraction of sp³-hybridized carbons (Fsp3) is 0.0800. The first kappa shape index (κ1) is 20.8. The minimum absolute atomic E-state index is 0.231. The highest BCUT2D eigenvalue weighted by molar-refractivity contribution is 6.31. The third kappa shape index (κ3) is 4.06. The molecule has 2 N–H and O–H groups in total.